The summed E-state index contributed by atoms with van der Waals surface area (Å²) in [5.41, 5.74) is 0.943. The Morgan fingerprint density at radius 3 is 2.50 bits per heavy atom. The summed E-state index contributed by atoms with van der Waals surface area (Å²) in [5, 5.41) is 20.2. The molecule has 0 radical (unpaired) electrons. The zero-order valence-electron chi connectivity index (χ0n) is 25.0. The number of anilines is 2. The Bertz CT molecular complexity index is 1250. The van der Waals surface area contributed by atoms with Crippen molar-refractivity contribution in [1.29, 1.82) is 5.26 Å². The predicted molar refractivity (Wildman–Crippen MR) is 165 cm³/mol. The van der Waals surface area contributed by atoms with Crippen LogP contribution >= 0.6 is 11.6 Å². The number of hydrogen-bond acceptors (Lipinski definition) is 8. The van der Waals surface area contributed by atoms with E-state index >= 15 is 0 Å². The van der Waals surface area contributed by atoms with Gasteiger partial charge in [-0.2, -0.15) is 10.2 Å². The van der Waals surface area contributed by atoms with Gasteiger partial charge in [-0.15, -0.1) is 0 Å². The number of likely N-dealkylation sites (tertiary alicyclic amines) is 1. The maximum atomic E-state index is 12.2. The van der Waals surface area contributed by atoms with Crippen molar-refractivity contribution in [2.24, 2.45) is 17.8 Å². The zero-order chi connectivity index (χ0) is 29.7. The van der Waals surface area contributed by atoms with Crippen molar-refractivity contribution in [1.82, 2.24) is 20.2 Å². The summed E-state index contributed by atoms with van der Waals surface area (Å²) in [6, 6.07) is 10.7. The van der Waals surface area contributed by atoms with Gasteiger partial charge in [-0.3, -0.25) is 4.90 Å². The molecule has 1 aromatic heterocycles. The average molecular weight is 594 g/mol. The molecule has 2 aliphatic carbocycles. The second kappa shape index (κ2) is 13.5. The number of nitrogens with one attached hydrogen (secondary N) is 3. The number of hydrogen-bond donors (Lipinski definition) is 3. The van der Waals surface area contributed by atoms with E-state index in [9.17, 15) is 10.1 Å². The number of fused-ring (bicyclic) bond motifs is 2. The van der Waals surface area contributed by atoms with E-state index in [1.54, 1.807) is 6.20 Å². The van der Waals surface area contributed by atoms with Crippen LogP contribution < -0.4 is 16.0 Å². The Kier molecular flexibility index (Phi) is 9.74. The summed E-state index contributed by atoms with van der Waals surface area (Å²) in [4.78, 5) is 23.9. The smallest absolute Gasteiger partial charge is 0.407 e. The van der Waals surface area contributed by atoms with Crippen molar-refractivity contribution in [3.8, 4) is 6.07 Å². The molecule has 10 heteroatoms. The van der Waals surface area contributed by atoms with Gasteiger partial charge in [0.2, 0.25) is 5.95 Å². The fourth-order valence-corrected chi connectivity index (χ4v) is 7.36. The Labute approximate surface area is 254 Å². The van der Waals surface area contributed by atoms with Gasteiger partial charge >= 0.3 is 6.09 Å². The maximum absolute atomic E-state index is 12.2. The number of alkyl carbamates (subject to hydrolysis) is 1. The van der Waals surface area contributed by atoms with Gasteiger partial charge in [0.05, 0.1) is 6.20 Å². The number of nitrogens with zero attached hydrogens (tertiary/aromatic N) is 4. The van der Waals surface area contributed by atoms with Gasteiger partial charge in [0.25, 0.3) is 0 Å². The minimum Gasteiger partial charge on any atom is -0.444 e. The fourth-order valence-electron chi connectivity index (χ4n) is 7.16. The molecule has 2 saturated carbocycles. The maximum Gasteiger partial charge on any atom is 0.407 e. The van der Waals surface area contributed by atoms with Crippen LogP contribution in [0.25, 0.3) is 0 Å². The summed E-state index contributed by atoms with van der Waals surface area (Å²) in [7, 11) is 0. The van der Waals surface area contributed by atoms with E-state index in [0.717, 1.165) is 38.0 Å². The molecule has 9 nitrogen and oxygen atoms in total. The number of aromatic nitrogens is 2. The highest BCUT2D eigenvalue weighted by atomic mass is 35.5. The quantitative estimate of drug-likeness (QED) is 0.331. The monoisotopic (exact) mass is 593 g/mol. The van der Waals surface area contributed by atoms with Gasteiger partial charge in [0.1, 0.15) is 23.1 Å². The first kappa shape index (κ1) is 30.4. The summed E-state index contributed by atoms with van der Waals surface area (Å²) < 4.78 is 5.46. The van der Waals surface area contributed by atoms with Gasteiger partial charge < -0.3 is 20.7 Å². The number of nitriles is 1. The summed E-state index contributed by atoms with van der Waals surface area (Å²) in [6.45, 7) is 9.05. The van der Waals surface area contributed by atoms with Crippen LogP contribution in [0.15, 0.2) is 30.5 Å². The molecule has 2 aromatic rings. The number of benzene rings is 1. The molecule has 2 unspecified atom stereocenters. The van der Waals surface area contributed by atoms with Crippen LogP contribution in [0, 0.1) is 29.1 Å². The molecular weight excluding hydrogens is 550 g/mol. The van der Waals surface area contributed by atoms with Crippen molar-refractivity contribution in [3.05, 3.63) is 46.6 Å². The SMILES string of the molecule is CC(C)(C)OC(=O)NC1CCN(C2[C@@H]3CCC[C@H]2CC(CNc2nc(NCc4ccccc4Cl)ncc2C#N)C3)CC1. The summed E-state index contributed by atoms with van der Waals surface area (Å²) in [5.74, 6) is 2.98. The van der Waals surface area contributed by atoms with E-state index in [-0.39, 0.29) is 12.1 Å². The lowest BCUT2D eigenvalue weighted by Crippen LogP contribution is -2.56. The van der Waals surface area contributed by atoms with E-state index in [1.807, 2.05) is 45.0 Å². The Hall–Kier alpha value is -3.09. The lowest BCUT2D eigenvalue weighted by Gasteiger charge is -2.52. The topological polar surface area (TPSA) is 115 Å². The minimum atomic E-state index is -0.476. The molecule has 1 aromatic carbocycles. The molecule has 0 spiro atoms. The molecular formula is C32H44ClN7O2. The fraction of sp³-hybridized carbons (Fsp3) is 0.625. The normalized spacial score (nSPS) is 24.8. The van der Waals surface area contributed by atoms with Crippen molar-refractivity contribution in [2.75, 3.05) is 30.3 Å². The van der Waals surface area contributed by atoms with Gasteiger partial charge in [0.15, 0.2) is 0 Å². The molecule has 226 valence electrons. The second-order valence-electron chi connectivity index (χ2n) is 13.1. The second-order valence-corrected chi connectivity index (χ2v) is 13.5. The Balaban J connectivity index is 1.14. The molecule has 3 fully saturated rings. The van der Waals surface area contributed by atoms with E-state index in [0.29, 0.717) is 52.7 Å². The molecule has 3 N–H and O–H groups in total. The number of amides is 1. The predicted octanol–water partition coefficient (Wildman–Crippen LogP) is 6.21. The number of halogens is 1. The third kappa shape index (κ3) is 7.84. The minimum absolute atomic E-state index is 0.183. The number of carbonyl (C=O) groups excluding carboxylic acids is 1. The standard InChI is InChI=1S/C32H44ClN7O2/c1-32(2,3)42-31(41)38-26-11-13-40(14-12-26)28-22-8-6-9-23(28)16-21(15-22)18-35-29-25(17-34)20-37-30(39-29)36-19-24-7-4-5-10-27(24)33/h4-5,7,10,20-23,26,28H,6,8-9,11-16,18-19H2,1-3H3,(H,38,41)(H2,35,36,37,39)/t21?,22-,23+,28?. The third-order valence-corrected chi connectivity index (χ3v) is 9.29. The number of piperidine rings is 1. The lowest BCUT2D eigenvalue weighted by molar-refractivity contribution is -0.0122. The zero-order valence-corrected chi connectivity index (χ0v) is 25.8. The first-order valence-electron chi connectivity index (χ1n) is 15.4. The molecule has 1 saturated heterocycles. The van der Waals surface area contributed by atoms with Crippen LogP contribution in [-0.4, -0.2) is 58.3 Å². The van der Waals surface area contributed by atoms with E-state index in [1.165, 1.54) is 32.1 Å². The number of ether oxygens (including phenoxy) is 1. The number of rotatable bonds is 8. The Morgan fingerprint density at radius 2 is 1.83 bits per heavy atom. The highest BCUT2D eigenvalue weighted by Gasteiger charge is 2.43. The van der Waals surface area contributed by atoms with Crippen molar-refractivity contribution in [3.63, 3.8) is 0 Å². The van der Waals surface area contributed by atoms with E-state index in [4.69, 9.17) is 16.3 Å². The Morgan fingerprint density at radius 1 is 1.12 bits per heavy atom. The van der Waals surface area contributed by atoms with Crippen LogP contribution in [0.5, 0.6) is 0 Å². The van der Waals surface area contributed by atoms with E-state index in [2.05, 4.69) is 36.9 Å². The average Bonchev–Trinajstić information content (AvgIpc) is 2.94. The van der Waals surface area contributed by atoms with Gasteiger partial charge in [0, 0.05) is 43.3 Å². The first-order chi connectivity index (χ1) is 20.2. The number of carbonyl (C=O) groups is 1. The van der Waals surface area contributed by atoms with Crippen LogP contribution in [0.4, 0.5) is 16.6 Å². The van der Waals surface area contributed by atoms with E-state index < -0.39 is 5.60 Å². The van der Waals surface area contributed by atoms with Crippen LogP contribution in [-0.2, 0) is 11.3 Å². The summed E-state index contributed by atoms with van der Waals surface area (Å²) >= 11 is 6.29. The molecule has 2 heterocycles. The van der Waals surface area contributed by atoms with Gasteiger partial charge in [-0.25, -0.2) is 9.78 Å². The molecule has 1 aliphatic heterocycles. The molecule has 1 amide bonds. The van der Waals surface area contributed by atoms with Crippen molar-refractivity contribution < 1.29 is 9.53 Å². The molecule has 3 aliphatic rings. The third-order valence-electron chi connectivity index (χ3n) is 8.92. The van der Waals surface area contributed by atoms with Gasteiger partial charge in [-0.05, 0) is 88.7 Å². The molecule has 42 heavy (non-hydrogen) atoms. The first-order valence-corrected chi connectivity index (χ1v) is 15.8. The van der Waals surface area contributed by atoms with Crippen LogP contribution in [0.3, 0.4) is 0 Å². The molecule has 5 rings (SSSR count). The largest absolute Gasteiger partial charge is 0.444 e. The van der Waals surface area contributed by atoms with Crippen molar-refractivity contribution >= 4 is 29.5 Å². The molecule has 2 bridgehead atoms. The molecule has 4 atom stereocenters. The highest BCUT2D eigenvalue weighted by molar-refractivity contribution is 6.31. The van der Waals surface area contributed by atoms with Crippen LogP contribution in [0.2, 0.25) is 5.02 Å². The van der Waals surface area contributed by atoms with Crippen LogP contribution in [0.1, 0.15) is 76.8 Å². The van der Waals surface area contributed by atoms with Gasteiger partial charge in [-0.1, -0.05) is 36.2 Å². The summed E-state index contributed by atoms with van der Waals surface area (Å²) in [6.07, 6.45) is 9.46. The lowest BCUT2D eigenvalue weighted by atomic mass is 9.64. The van der Waals surface area contributed by atoms with Crippen molar-refractivity contribution in [2.45, 2.75) is 89.9 Å². The highest BCUT2D eigenvalue weighted by Crippen LogP contribution is 2.45.